The van der Waals surface area contributed by atoms with E-state index in [4.69, 9.17) is 9.84 Å². The van der Waals surface area contributed by atoms with Gasteiger partial charge >= 0.3 is 11.7 Å². The van der Waals surface area contributed by atoms with Crippen LogP contribution in [0.15, 0.2) is 48.7 Å². The Hall–Kier alpha value is -4.28. The molecule has 0 bridgehead atoms. The molecule has 3 aromatic rings. The number of carboxylic acid groups (broad SMARTS) is 1. The van der Waals surface area contributed by atoms with Gasteiger partial charge in [-0.1, -0.05) is 6.07 Å². The number of halogens is 1. The van der Waals surface area contributed by atoms with Crippen molar-refractivity contribution < 1.29 is 24.0 Å². The summed E-state index contributed by atoms with van der Waals surface area (Å²) < 4.78 is 18.4. The largest absolute Gasteiger partial charge is 0.496 e. The minimum absolute atomic E-state index is 0.000342. The highest BCUT2D eigenvalue weighted by Crippen LogP contribution is 2.28. The van der Waals surface area contributed by atoms with Crippen LogP contribution >= 0.6 is 0 Å². The van der Waals surface area contributed by atoms with Crippen molar-refractivity contribution in [3.63, 3.8) is 0 Å². The van der Waals surface area contributed by atoms with E-state index in [-0.39, 0.29) is 28.8 Å². The van der Waals surface area contributed by atoms with Crippen molar-refractivity contribution in [3.05, 3.63) is 70.2 Å². The van der Waals surface area contributed by atoms with Gasteiger partial charge in [-0.15, -0.1) is 0 Å². The van der Waals surface area contributed by atoms with Gasteiger partial charge in [0, 0.05) is 17.4 Å². The highest BCUT2D eigenvalue weighted by Gasteiger charge is 2.18. The number of hydrogen-bond donors (Lipinski definition) is 3. The third-order valence-electron chi connectivity index (χ3n) is 3.74. The summed E-state index contributed by atoms with van der Waals surface area (Å²) in [6, 6.07) is 9.60. The molecule has 0 atom stereocenters. The molecule has 0 radical (unpaired) electrons. The molecule has 1 aromatic heterocycles. The summed E-state index contributed by atoms with van der Waals surface area (Å²) in [6.45, 7) is 0. The molecule has 29 heavy (non-hydrogen) atoms. The maximum absolute atomic E-state index is 13.4. The summed E-state index contributed by atoms with van der Waals surface area (Å²) in [5.74, 6) is -1.70. The first kappa shape index (κ1) is 19.5. The molecule has 0 unspecified atom stereocenters. The Labute approximate surface area is 163 Å². The fourth-order valence-electron chi connectivity index (χ4n) is 2.44. The average molecular weight is 399 g/mol. The highest BCUT2D eigenvalue weighted by atomic mass is 19.1. The van der Waals surface area contributed by atoms with Crippen LogP contribution in [-0.4, -0.2) is 33.1 Å². The number of rotatable bonds is 7. The molecular weight excluding hydrogens is 385 g/mol. The predicted molar refractivity (Wildman–Crippen MR) is 102 cm³/mol. The lowest BCUT2D eigenvalue weighted by Crippen LogP contribution is -2.05. The number of nitrogens with zero attached hydrogens (tertiary/aromatic N) is 3. The van der Waals surface area contributed by atoms with Crippen molar-refractivity contribution in [2.75, 3.05) is 17.7 Å². The van der Waals surface area contributed by atoms with E-state index in [0.29, 0.717) is 5.69 Å². The second kappa shape index (κ2) is 8.17. The van der Waals surface area contributed by atoms with Crippen LogP contribution < -0.4 is 15.4 Å². The zero-order valence-corrected chi connectivity index (χ0v) is 14.9. The number of carboxylic acids is 1. The number of anilines is 4. The third kappa shape index (κ3) is 4.53. The molecule has 0 saturated carbocycles. The predicted octanol–water partition coefficient (Wildman–Crippen LogP) is 3.72. The maximum atomic E-state index is 13.4. The lowest BCUT2D eigenvalue weighted by Gasteiger charge is -2.11. The number of aromatic carboxylic acids is 1. The van der Waals surface area contributed by atoms with Gasteiger partial charge in [0.05, 0.1) is 12.0 Å². The van der Waals surface area contributed by atoms with Gasteiger partial charge in [0.25, 0.3) is 0 Å². The van der Waals surface area contributed by atoms with E-state index in [2.05, 4.69) is 20.6 Å². The molecule has 0 fully saturated rings. The van der Waals surface area contributed by atoms with Crippen LogP contribution in [0.25, 0.3) is 0 Å². The van der Waals surface area contributed by atoms with Gasteiger partial charge in [0.15, 0.2) is 0 Å². The summed E-state index contributed by atoms with van der Waals surface area (Å²) >= 11 is 0. The van der Waals surface area contributed by atoms with Crippen molar-refractivity contribution in [3.8, 4) is 5.75 Å². The Kier molecular flexibility index (Phi) is 5.49. The van der Waals surface area contributed by atoms with E-state index in [1.165, 1.54) is 43.5 Å². The van der Waals surface area contributed by atoms with Gasteiger partial charge in [-0.05, 0) is 30.3 Å². The number of benzene rings is 2. The van der Waals surface area contributed by atoms with E-state index in [1.807, 2.05) is 0 Å². The summed E-state index contributed by atoms with van der Waals surface area (Å²) in [5.41, 5.74) is 0.234. The number of nitrogens with one attached hydrogen (secondary N) is 2. The smallest absolute Gasteiger partial charge is 0.339 e. The van der Waals surface area contributed by atoms with Gasteiger partial charge in [-0.25, -0.2) is 14.2 Å². The Morgan fingerprint density at radius 1 is 1.21 bits per heavy atom. The molecular formula is C18H14FN5O5. The van der Waals surface area contributed by atoms with E-state index in [0.717, 1.165) is 12.3 Å². The first-order valence-electron chi connectivity index (χ1n) is 8.09. The molecule has 0 aliphatic rings. The SMILES string of the molecule is COc1cc(Nc2ncc([N+](=O)[O-])c(Nc3cccc(F)c3)n2)ccc1C(=O)O. The summed E-state index contributed by atoms with van der Waals surface area (Å²) in [6.07, 6.45) is 1.000. The second-order valence-electron chi connectivity index (χ2n) is 5.67. The number of nitro groups is 1. The van der Waals surface area contributed by atoms with Crippen LogP contribution in [0.4, 0.5) is 33.2 Å². The molecule has 1 heterocycles. The monoisotopic (exact) mass is 399 g/mol. The van der Waals surface area contributed by atoms with Crippen molar-refractivity contribution in [2.24, 2.45) is 0 Å². The molecule has 0 spiro atoms. The fourth-order valence-corrected chi connectivity index (χ4v) is 2.44. The van der Waals surface area contributed by atoms with Gasteiger partial charge in [-0.3, -0.25) is 10.1 Å². The van der Waals surface area contributed by atoms with Crippen LogP contribution in [0, 0.1) is 15.9 Å². The maximum Gasteiger partial charge on any atom is 0.339 e. The Morgan fingerprint density at radius 3 is 2.62 bits per heavy atom. The number of hydrogen-bond acceptors (Lipinski definition) is 8. The van der Waals surface area contributed by atoms with Gasteiger partial charge in [0.1, 0.15) is 23.3 Å². The minimum Gasteiger partial charge on any atom is -0.496 e. The molecule has 3 rings (SSSR count). The molecule has 148 valence electrons. The Balaban J connectivity index is 1.92. The first-order chi connectivity index (χ1) is 13.9. The lowest BCUT2D eigenvalue weighted by atomic mass is 10.2. The van der Waals surface area contributed by atoms with Crippen LogP contribution in [0.1, 0.15) is 10.4 Å². The standard InChI is InChI=1S/C18H14FN5O5/c1-29-15-8-12(5-6-13(15)17(25)26)22-18-20-9-14(24(27)28)16(23-18)21-11-4-2-3-10(19)7-11/h2-9H,1H3,(H,25,26)(H2,20,21,22,23). The quantitative estimate of drug-likeness (QED) is 0.400. The summed E-state index contributed by atoms with van der Waals surface area (Å²) in [4.78, 5) is 29.7. The van der Waals surface area contributed by atoms with E-state index >= 15 is 0 Å². The molecule has 11 heteroatoms. The summed E-state index contributed by atoms with van der Waals surface area (Å²) in [5, 5.41) is 25.9. The van der Waals surface area contributed by atoms with Gasteiger partial charge < -0.3 is 20.5 Å². The van der Waals surface area contributed by atoms with Gasteiger partial charge in [-0.2, -0.15) is 4.98 Å². The van der Waals surface area contributed by atoms with E-state index in [1.54, 1.807) is 0 Å². The van der Waals surface area contributed by atoms with Crippen molar-refractivity contribution in [2.45, 2.75) is 0 Å². The minimum atomic E-state index is -1.15. The van der Waals surface area contributed by atoms with Crippen molar-refractivity contribution in [1.82, 2.24) is 9.97 Å². The molecule has 0 aliphatic carbocycles. The van der Waals surface area contributed by atoms with Gasteiger partial charge in [0.2, 0.25) is 11.8 Å². The third-order valence-corrected chi connectivity index (χ3v) is 3.74. The molecule has 2 aromatic carbocycles. The molecule has 10 nitrogen and oxygen atoms in total. The molecule has 0 aliphatic heterocycles. The highest BCUT2D eigenvalue weighted by molar-refractivity contribution is 5.91. The fraction of sp³-hybridized carbons (Fsp3) is 0.0556. The van der Waals surface area contributed by atoms with Crippen molar-refractivity contribution >= 4 is 34.8 Å². The second-order valence-corrected chi connectivity index (χ2v) is 5.67. The topological polar surface area (TPSA) is 140 Å². The zero-order chi connectivity index (χ0) is 21.0. The Bertz CT molecular complexity index is 1090. The number of ether oxygens (including phenoxy) is 1. The normalized spacial score (nSPS) is 10.3. The zero-order valence-electron chi connectivity index (χ0n) is 14.9. The molecule has 3 N–H and O–H groups in total. The van der Waals surface area contributed by atoms with E-state index in [9.17, 15) is 19.3 Å². The lowest BCUT2D eigenvalue weighted by molar-refractivity contribution is -0.384. The number of methoxy groups -OCH3 is 1. The molecule has 0 amide bonds. The summed E-state index contributed by atoms with van der Waals surface area (Å²) in [7, 11) is 1.33. The van der Waals surface area contributed by atoms with E-state index < -0.39 is 22.4 Å². The number of carbonyl (C=O) groups is 1. The van der Waals surface area contributed by atoms with Crippen LogP contribution in [0.5, 0.6) is 5.75 Å². The van der Waals surface area contributed by atoms with Crippen LogP contribution in [-0.2, 0) is 0 Å². The Morgan fingerprint density at radius 2 is 1.97 bits per heavy atom. The first-order valence-corrected chi connectivity index (χ1v) is 8.09. The van der Waals surface area contributed by atoms with Crippen LogP contribution in [0.2, 0.25) is 0 Å². The van der Waals surface area contributed by atoms with Crippen molar-refractivity contribution in [1.29, 1.82) is 0 Å². The molecule has 0 saturated heterocycles. The number of aromatic nitrogens is 2. The van der Waals surface area contributed by atoms with Crippen LogP contribution in [0.3, 0.4) is 0 Å². The average Bonchev–Trinajstić information content (AvgIpc) is 2.67.